The zero-order chi connectivity index (χ0) is 14.4. The molecule has 108 valence electrons. The summed E-state index contributed by atoms with van der Waals surface area (Å²) < 4.78 is 0. The Bertz CT molecular complexity index is 485. The van der Waals surface area contributed by atoms with Crippen molar-refractivity contribution in [3.05, 3.63) is 29.8 Å². The molecule has 1 aliphatic heterocycles. The van der Waals surface area contributed by atoms with E-state index in [9.17, 15) is 9.59 Å². The first kappa shape index (κ1) is 14.9. The molecule has 20 heavy (non-hydrogen) atoms. The van der Waals surface area contributed by atoms with Crippen molar-refractivity contribution in [1.29, 1.82) is 0 Å². The monoisotopic (exact) mass is 292 g/mol. The zero-order valence-electron chi connectivity index (χ0n) is 11.6. The van der Waals surface area contributed by atoms with Gasteiger partial charge in [0.05, 0.1) is 0 Å². The van der Waals surface area contributed by atoms with Crippen molar-refractivity contribution in [2.24, 2.45) is 5.92 Å². The molecule has 2 rings (SSSR count). The summed E-state index contributed by atoms with van der Waals surface area (Å²) in [6, 6.07) is 6.78. The molecule has 1 saturated heterocycles. The number of hydrogen-bond donors (Lipinski definition) is 2. The minimum absolute atomic E-state index is 0.00577. The average Bonchev–Trinajstić information content (AvgIpc) is 2.46. The number of carbonyl (C=O) groups excluding carboxylic acids is 2. The van der Waals surface area contributed by atoms with Gasteiger partial charge in [0.2, 0.25) is 0 Å². The Morgan fingerprint density at radius 1 is 1.30 bits per heavy atom. The normalized spacial score (nSPS) is 15.7. The number of Topliss-reactive ketones (excluding diaryl/α,β-unsaturated/α-hetero) is 1. The highest BCUT2D eigenvalue weighted by molar-refractivity contribution is 7.99. The van der Waals surface area contributed by atoms with Crippen LogP contribution >= 0.6 is 11.8 Å². The number of nitrogens with one attached hydrogen (secondary N) is 2. The van der Waals surface area contributed by atoms with E-state index in [2.05, 4.69) is 10.6 Å². The summed E-state index contributed by atoms with van der Waals surface area (Å²) in [5.74, 6) is 2.96. The minimum atomic E-state index is -0.205. The van der Waals surface area contributed by atoms with Gasteiger partial charge in [-0.2, -0.15) is 11.8 Å². The number of hydrogen-bond acceptors (Lipinski definition) is 3. The molecular formula is C15H20N2O2S. The van der Waals surface area contributed by atoms with Crippen molar-refractivity contribution in [1.82, 2.24) is 5.32 Å². The Balaban J connectivity index is 1.81. The minimum Gasteiger partial charge on any atom is -0.338 e. The molecule has 0 saturated carbocycles. The predicted molar refractivity (Wildman–Crippen MR) is 83.5 cm³/mol. The molecule has 2 amide bonds. The van der Waals surface area contributed by atoms with E-state index in [-0.39, 0.29) is 11.8 Å². The molecule has 0 atom stereocenters. The van der Waals surface area contributed by atoms with E-state index in [4.69, 9.17) is 0 Å². The van der Waals surface area contributed by atoms with E-state index < -0.39 is 0 Å². The van der Waals surface area contributed by atoms with Crippen molar-refractivity contribution >= 4 is 29.3 Å². The molecule has 1 heterocycles. The second-order valence-corrected chi connectivity index (χ2v) is 6.25. The van der Waals surface area contributed by atoms with Crippen LogP contribution < -0.4 is 10.6 Å². The number of rotatable bonds is 4. The molecule has 0 aliphatic carbocycles. The van der Waals surface area contributed by atoms with Gasteiger partial charge in [0, 0.05) is 17.8 Å². The fourth-order valence-electron chi connectivity index (χ4n) is 2.18. The summed E-state index contributed by atoms with van der Waals surface area (Å²) in [6.45, 7) is 2.24. The number of amides is 2. The van der Waals surface area contributed by atoms with E-state index in [1.807, 2.05) is 11.8 Å². The molecule has 5 heteroatoms. The summed E-state index contributed by atoms with van der Waals surface area (Å²) in [6.07, 6.45) is 2.34. The molecule has 4 nitrogen and oxygen atoms in total. The Kier molecular flexibility index (Phi) is 5.47. The van der Waals surface area contributed by atoms with Gasteiger partial charge in [0.1, 0.15) is 0 Å². The molecule has 0 unspecified atom stereocenters. The maximum absolute atomic E-state index is 11.8. The lowest BCUT2D eigenvalue weighted by molar-refractivity contribution is 0.101. The lowest BCUT2D eigenvalue weighted by Gasteiger charge is -2.21. The molecule has 0 spiro atoms. The highest BCUT2D eigenvalue weighted by Gasteiger charge is 2.14. The van der Waals surface area contributed by atoms with Crippen LogP contribution in [0.25, 0.3) is 0 Å². The topological polar surface area (TPSA) is 58.2 Å². The average molecular weight is 292 g/mol. The Morgan fingerprint density at radius 3 is 2.75 bits per heavy atom. The van der Waals surface area contributed by atoms with Crippen molar-refractivity contribution in [3.63, 3.8) is 0 Å². The first-order valence-electron chi connectivity index (χ1n) is 6.89. The van der Waals surface area contributed by atoms with Crippen LogP contribution in [0.5, 0.6) is 0 Å². The van der Waals surface area contributed by atoms with Gasteiger partial charge in [-0.25, -0.2) is 4.79 Å². The fourth-order valence-corrected chi connectivity index (χ4v) is 3.38. The number of carbonyl (C=O) groups is 2. The third-order valence-corrected chi connectivity index (χ3v) is 4.47. The highest BCUT2D eigenvalue weighted by atomic mass is 32.2. The third-order valence-electron chi connectivity index (χ3n) is 3.42. The number of thioether (sulfide) groups is 1. The summed E-state index contributed by atoms with van der Waals surface area (Å²) in [5, 5.41) is 5.67. The van der Waals surface area contributed by atoms with Gasteiger partial charge in [-0.3, -0.25) is 4.79 Å². The lowest BCUT2D eigenvalue weighted by atomic mass is 10.0. The van der Waals surface area contributed by atoms with Crippen molar-refractivity contribution < 1.29 is 9.59 Å². The van der Waals surface area contributed by atoms with Gasteiger partial charge in [-0.15, -0.1) is 0 Å². The quantitative estimate of drug-likeness (QED) is 0.838. The van der Waals surface area contributed by atoms with Gasteiger partial charge in [-0.05, 0) is 49.3 Å². The second-order valence-electron chi connectivity index (χ2n) is 5.03. The molecule has 0 bridgehead atoms. The van der Waals surface area contributed by atoms with Gasteiger partial charge < -0.3 is 10.6 Å². The Hall–Kier alpha value is -1.49. The van der Waals surface area contributed by atoms with Crippen LogP contribution in [0.1, 0.15) is 30.1 Å². The third kappa shape index (κ3) is 4.56. The number of benzene rings is 1. The Labute approximate surface area is 123 Å². The maximum atomic E-state index is 11.8. The van der Waals surface area contributed by atoms with Crippen LogP contribution in [0.3, 0.4) is 0 Å². The van der Waals surface area contributed by atoms with Crippen molar-refractivity contribution in [2.45, 2.75) is 19.8 Å². The molecule has 0 aromatic heterocycles. The molecule has 1 aromatic carbocycles. The summed E-state index contributed by atoms with van der Waals surface area (Å²) >= 11 is 1.98. The van der Waals surface area contributed by atoms with Crippen molar-refractivity contribution in [2.75, 3.05) is 23.4 Å². The van der Waals surface area contributed by atoms with Gasteiger partial charge >= 0.3 is 6.03 Å². The molecular weight excluding hydrogens is 272 g/mol. The van der Waals surface area contributed by atoms with Gasteiger partial charge in [-0.1, -0.05) is 12.1 Å². The van der Waals surface area contributed by atoms with Crippen LogP contribution in [0.2, 0.25) is 0 Å². The second kappa shape index (κ2) is 7.33. The number of urea groups is 1. The van der Waals surface area contributed by atoms with E-state index in [1.165, 1.54) is 31.3 Å². The molecule has 2 N–H and O–H groups in total. The first-order valence-corrected chi connectivity index (χ1v) is 8.04. The predicted octanol–water partition coefficient (Wildman–Crippen LogP) is 3.15. The fraction of sp³-hybridized carbons (Fsp3) is 0.467. The zero-order valence-corrected chi connectivity index (χ0v) is 12.5. The molecule has 1 aliphatic rings. The van der Waals surface area contributed by atoms with Gasteiger partial charge in [0.15, 0.2) is 5.78 Å². The van der Waals surface area contributed by atoms with Crippen LogP contribution in [-0.2, 0) is 0 Å². The smallest absolute Gasteiger partial charge is 0.319 e. The van der Waals surface area contributed by atoms with Crippen LogP contribution in [0.4, 0.5) is 10.5 Å². The standard InChI is InChI=1S/C15H20N2O2S/c1-11(18)13-3-2-4-14(9-13)17-15(19)16-10-12-5-7-20-8-6-12/h2-4,9,12H,5-8,10H2,1H3,(H2,16,17,19). The van der Waals surface area contributed by atoms with E-state index in [0.717, 1.165) is 6.54 Å². The summed E-state index contributed by atoms with van der Waals surface area (Å²) in [4.78, 5) is 23.1. The largest absolute Gasteiger partial charge is 0.338 e. The van der Waals surface area contributed by atoms with Crippen LogP contribution in [-0.4, -0.2) is 29.9 Å². The number of anilines is 1. The lowest BCUT2D eigenvalue weighted by Crippen LogP contribution is -2.34. The summed E-state index contributed by atoms with van der Waals surface area (Å²) in [5.41, 5.74) is 1.25. The van der Waals surface area contributed by atoms with Crippen LogP contribution in [0, 0.1) is 5.92 Å². The van der Waals surface area contributed by atoms with E-state index in [1.54, 1.807) is 24.3 Å². The van der Waals surface area contributed by atoms with E-state index in [0.29, 0.717) is 17.2 Å². The highest BCUT2D eigenvalue weighted by Crippen LogP contribution is 2.21. The molecule has 0 radical (unpaired) electrons. The van der Waals surface area contributed by atoms with Crippen molar-refractivity contribution in [3.8, 4) is 0 Å². The van der Waals surface area contributed by atoms with E-state index >= 15 is 0 Å². The van der Waals surface area contributed by atoms with Crippen LogP contribution in [0.15, 0.2) is 24.3 Å². The van der Waals surface area contributed by atoms with Gasteiger partial charge in [0.25, 0.3) is 0 Å². The SMILES string of the molecule is CC(=O)c1cccc(NC(=O)NCC2CCSCC2)c1. The molecule has 1 fully saturated rings. The Morgan fingerprint density at radius 2 is 2.05 bits per heavy atom. The maximum Gasteiger partial charge on any atom is 0.319 e. The molecule has 1 aromatic rings. The first-order chi connectivity index (χ1) is 9.65. The number of ketones is 1. The summed E-state index contributed by atoms with van der Waals surface area (Å²) in [7, 11) is 0.